The van der Waals surface area contributed by atoms with Crippen molar-refractivity contribution in [2.45, 2.75) is 0 Å². The Labute approximate surface area is 154 Å². The second-order valence-electron chi connectivity index (χ2n) is 5.28. The molecule has 1 N–H and O–H groups in total. The molecule has 26 heavy (non-hydrogen) atoms. The molecule has 0 aliphatic heterocycles. The quantitative estimate of drug-likeness (QED) is 0.692. The molecule has 3 rings (SSSR count). The number of methoxy groups -OCH3 is 2. The van der Waals surface area contributed by atoms with E-state index in [1.807, 2.05) is 12.1 Å². The zero-order valence-corrected chi connectivity index (χ0v) is 15.0. The van der Waals surface area contributed by atoms with Crippen molar-refractivity contribution < 1.29 is 19.1 Å². The number of ether oxygens (including phenoxy) is 2. The average molecular weight is 368 g/mol. The van der Waals surface area contributed by atoms with Crippen LogP contribution in [0.4, 0.5) is 5.13 Å². The smallest absolute Gasteiger partial charge is 0.337 e. The molecule has 0 unspecified atom stereocenters. The van der Waals surface area contributed by atoms with Gasteiger partial charge in [-0.05, 0) is 42.0 Å². The molecule has 0 fully saturated rings. The molecule has 0 aliphatic carbocycles. The summed E-state index contributed by atoms with van der Waals surface area (Å²) >= 11 is 1.35. The minimum Gasteiger partial charge on any atom is -0.497 e. The van der Waals surface area contributed by atoms with E-state index in [9.17, 15) is 9.59 Å². The van der Waals surface area contributed by atoms with E-state index in [1.54, 1.807) is 49.7 Å². The number of nitrogens with zero attached hydrogens (tertiary/aromatic N) is 1. The SMILES string of the molecule is COC(=O)c1ccc(-c2cnc(NC(=O)c3ccc(OC)cc3)s2)cc1. The number of thiazole rings is 1. The Kier molecular flexibility index (Phi) is 5.28. The summed E-state index contributed by atoms with van der Waals surface area (Å²) < 4.78 is 9.76. The highest BCUT2D eigenvalue weighted by molar-refractivity contribution is 7.19. The van der Waals surface area contributed by atoms with Crippen LogP contribution in [-0.4, -0.2) is 31.1 Å². The third-order valence-electron chi connectivity index (χ3n) is 3.67. The third kappa shape index (κ3) is 3.89. The van der Waals surface area contributed by atoms with Crippen LogP contribution in [0.3, 0.4) is 0 Å². The molecule has 0 bridgehead atoms. The largest absolute Gasteiger partial charge is 0.497 e. The predicted octanol–water partition coefficient (Wildman–Crippen LogP) is 3.86. The number of amides is 1. The van der Waals surface area contributed by atoms with E-state index in [2.05, 4.69) is 15.0 Å². The second kappa shape index (κ2) is 7.79. The summed E-state index contributed by atoms with van der Waals surface area (Å²) in [7, 11) is 2.92. The van der Waals surface area contributed by atoms with Gasteiger partial charge in [0, 0.05) is 11.8 Å². The Balaban J connectivity index is 1.71. The van der Waals surface area contributed by atoms with Crippen molar-refractivity contribution in [3.05, 3.63) is 65.9 Å². The highest BCUT2D eigenvalue weighted by Gasteiger charge is 2.11. The first-order valence-electron chi connectivity index (χ1n) is 7.70. The van der Waals surface area contributed by atoms with Crippen molar-refractivity contribution in [2.24, 2.45) is 0 Å². The summed E-state index contributed by atoms with van der Waals surface area (Å²) in [6.07, 6.45) is 1.68. The first-order chi connectivity index (χ1) is 12.6. The van der Waals surface area contributed by atoms with Gasteiger partial charge in [-0.25, -0.2) is 9.78 Å². The van der Waals surface area contributed by atoms with Gasteiger partial charge in [0.15, 0.2) is 5.13 Å². The number of hydrogen-bond donors (Lipinski definition) is 1. The van der Waals surface area contributed by atoms with Crippen LogP contribution < -0.4 is 10.1 Å². The van der Waals surface area contributed by atoms with Crippen LogP contribution in [-0.2, 0) is 4.74 Å². The summed E-state index contributed by atoms with van der Waals surface area (Å²) in [6.45, 7) is 0. The molecule has 3 aromatic rings. The van der Waals surface area contributed by atoms with Crippen molar-refractivity contribution in [1.29, 1.82) is 0 Å². The van der Waals surface area contributed by atoms with Gasteiger partial charge < -0.3 is 9.47 Å². The molecular formula is C19H16N2O4S. The van der Waals surface area contributed by atoms with Gasteiger partial charge in [-0.1, -0.05) is 23.5 Å². The highest BCUT2D eigenvalue weighted by Crippen LogP contribution is 2.29. The van der Waals surface area contributed by atoms with Gasteiger partial charge in [0.05, 0.1) is 24.7 Å². The van der Waals surface area contributed by atoms with Crippen LogP contribution in [0.15, 0.2) is 54.7 Å². The van der Waals surface area contributed by atoms with Crippen LogP contribution in [0.2, 0.25) is 0 Å². The first kappa shape index (κ1) is 17.6. The summed E-state index contributed by atoms with van der Waals surface area (Å²) in [5, 5.41) is 3.28. The number of hydrogen-bond acceptors (Lipinski definition) is 6. The Morgan fingerprint density at radius 2 is 1.62 bits per heavy atom. The maximum atomic E-state index is 12.3. The van der Waals surface area contributed by atoms with Gasteiger partial charge in [-0.15, -0.1) is 0 Å². The van der Waals surface area contributed by atoms with Crippen molar-refractivity contribution in [1.82, 2.24) is 4.98 Å². The minimum absolute atomic E-state index is 0.241. The number of aromatic nitrogens is 1. The van der Waals surface area contributed by atoms with E-state index < -0.39 is 0 Å². The summed E-state index contributed by atoms with van der Waals surface area (Å²) in [4.78, 5) is 28.9. The Morgan fingerprint density at radius 3 is 2.23 bits per heavy atom. The van der Waals surface area contributed by atoms with Gasteiger partial charge in [-0.3, -0.25) is 10.1 Å². The molecule has 0 spiro atoms. The third-order valence-corrected chi connectivity index (χ3v) is 4.63. The standard InChI is InChI=1S/C19H16N2O4S/c1-24-15-9-7-13(8-10-15)17(22)21-19-20-11-16(26-19)12-3-5-14(6-4-12)18(23)25-2/h3-11H,1-2H3,(H,20,21,22). The van der Waals surface area contributed by atoms with Gasteiger partial charge in [0.2, 0.25) is 0 Å². The number of anilines is 1. The van der Waals surface area contributed by atoms with Gasteiger partial charge in [-0.2, -0.15) is 0 Å². The fourth-order valence-corrected chi connectivity index (χ4v) is 3.08. The zero-order chi connectivity index (χ0) is 18.5. The van der Waals surface area contributed by atoms with E-state index >= 15 is 0 Å². The lowest BCUT2D eigenvalue weighted by Crippen LogP contribution is -2.11. The van der Waals surface area contributed by atoms with Crippen molar-refractivity contribution in [3.63, 3.8) is 0 Å². The monoisotopic (exact) mass is 368 g/mol. The fourth-order valence-electron chi connectivity index (χ4n) is 2.27. The molecule has 132 valence electrons. The molecule has 1 aromatic heterocycles. The van der Waals surface area contributed by atoms with Crippen LogP contribution in [0, 0.1) is 0 Å². The maximum Gasteiger partial charge on any atom is 0.337 e. The van der Waals surface area contributed by atoms with E-state index in [0.717, 1.165) is 10.4 Å². The van der Waals surface area contributed by atoms with E-state index in [1.165, 1.54) is 18.4 Å². The molecule has 0 radical (unpaired) electrons. The lowest BCUT2D eigenvalue weighted by atomic mass is 10.1. The van der Waals surface area contributed by atoms with E-state index in [4.69, 9.17) is 4.74 Å². The number of carbonyl (C=O) groups is 2. The first-order valence-corrected chi connectivity index (χ1v) is 8.52. The molecule has 7 heteroatoms. The van der Waals surface area contributed by atoms with Crippen LogP contribution in [0.5, 0.6) is 5.75 Å². The second-order valence-corrected chi connectivity index (χ2v) is 6.31. The van der Waals surface area contributed by atoms with Gasteiger partial charge >= 0.3 is 5.97 Å². The molecular weight excluding hydrogens is 352 g/mol. The molecule has 6 nitrogen and oxygen atoms in total. The molecule has 1 amide bonds. The summed E-state index contributed by atoms with van der Waals surface area (Å²) in [6, 6.07) is 13.8. The highest BCUT2D eigenvalue weighted by atomic mass is 32.1. The van der Waals surface area contributed by atoms with Crippen molar-refractivity contribution >= 4 is 28.3 Å². The average Bonchev–Trinajstić information content (AvgIpc) is 3.16. The number of nitrogens with one attached hydrogen (secondary N) is 1. The fraction of sp³-hybridized carbons (Fsp3) is 0.105. The lowest BCUT2D eigenvalue weighted by Gasteiger charge is -2.03. The predicted molar refractivity (Wildman–Crippen MR) is 99.8 cm³/mol. The summed E-state index contributed by atoms with van der Waals surface area (Å²) in [5.41, 5.74) is 1.90. The lowest BCUT2D eigenvalue weighted by molar-refractivity contribution is 0.0600. The summed E-state index contributed by atoms with van der Waals surface area (Å²) in [5.74, 6) is 0.0661. The van der Waals surface area contributed by atoms with Crippen LogP contribution in [0.1, 0.15) is 20.7 Å². The topological polar surface area (TPSA) is 77.5 Å². The van der Waals surface area contributed by atoms with E-state index in [0.29, 0.717) is 22.0 Å². The van der Waals surface area contributed by atoms with Crippen molar-refractivity contribution in [3.8, 4) is 16.2 Å². The van der Waals surface area contributed by atoms with Crippen LogP contribution >= 0.6 is 11.3 Å². The number of rotatable bonds is 5. The van der Waals surface area contributed by atoms with Crippen LogP contribution in [0.25, 0.3) is 10.4 Å². The number of esters is 1. The number of benzene rings is 2. The molecule has 2 aromatic carbocycles. The van der Waals surface area contributed by atoms with Gasteiger partial charge in [0.25, 0.3) is 5.91 Å². The Bertz CT molecular complexity index is 917. The normalized spacial score (nSPS) is 10.2. The minimum atomic E-state index is -0.381. The molecule has 1 heterocycles. The van der Waals surface area contributed by atoms with E-state index in [-0.39, 0.29) is 11.9 Å². The van der Waals surface area contributed by atoms with Crippen molar-refractivity contribution in [2.75, 3.05) is 19.5 Å². The van der Waals surface area contributed by atoms with Gasteiger partial charge in [0.1, 0.15) is 5.75 Å². The molecule has 0 atom stereocenters. The Morgan fingerprint density at radius 1 is 0.962 bits per heavy atom. The molecule has 0 aliphatic rings. The zero-order valence-electron chi connectivity index (χ0n) is 14.2. The maximum absolute atomic E-state index is 12.3. The molecule has 0 saturated carbocycles. The number of carbonyl (C=O) groups excluding carboxylic acids is 2. The molecule has 0 saturated heterocycles. The Hall–Kier alpha value is -3.19.